The number of carbonyl (C=O) groups excluding carboxylic acids is 2. The van der Waals surface area contributed by atoms with Gasteiger partial charge in [0.25, 0.3) is 0 Å². The summed E-state index contributed by atoms with van der Waals surface area (Å²) in [5.41, 5.74) is 2.04. The molecule has 1 N–H and O–H groups in total. The predicted molar refractivity (Wildman–Crippen MR) is 109 cm³/mol. The zero-order chi connectivity index (χ0) is 21.2. The van der Waals surface area contributed by atoms with Crippen LogP contribution in [0.2, 0.25) is 0 Å². The summed E-state index contributed by atoms with van der Waals surface area (Å²) >= 11 is 0. The van der Waals surface area contributed by atoms with Gasteiger partial charge in [-0.2, -0.15) is 0 Å². The number of amides is 2. The van der Waals surface area contributed by atoms with Crippen LogP contribution < -0.4 is 14.4 Å². The molecular formula is C21H24N2O5S. The van der Waals surface area contributed by atoms with E-state index < -0.39 is 16.1 Å². The van der Waals surface area contributed by atoms with Crippen LogP contribution in [-0.4, -0.2) is 27.3 Å². The van der Waals surface area contributed by atoms with E-state index >= 15 is 0 Å². The SMILES string of the molecule is CCC(NS(=O)(=O)c1ccc(OC)c(N2C(=O)CCC2=O)c1)c1ccccc1C. The van der Waals surface area contributed by atoms with Gasteiger partial charge in [-0.05, 0) is 42.7 Å². The fourth-order valence-electron chi connectivity index (χ4n) is 3.46. The minimum Gasteiger partial charge on any atom is -0.495 e. The lowest BCUT2D eigenvalue weighted by Crippen LogP contribution is -2.31. The van der Waals surface area contributed by atoms with Gasteiger partial charge >= 0.3 is 0 Å². The van der Waals surface area contributed by atoms with Crippen molar-refractivity contribution < 1.29 is 22.7 Å². The monoisotopic (exact) mass is 416 g/mol. The molecule has 1 saturated heterocycles. The molecule has 1 fully saturated rings. The third kappa shape index (κ3) is 4.18. The second-order valence-electron chi connectivity index (χ2n) is 6.90. The summed E-state index contributed by atoms with van der Waals surface area (Å²) in [7, 11) is -2.50. The van der Waals surface area contributed by atoms with Gasteiger partial charge < -0.3 is 4.74 Å². The topological polar surface area (TPSA) is 92.8 Å². The molecule has 1 aliphatic heterocycles. The quantitative estimate of drug-likeness (QED) is 0.700. The maximum Gasteiger partial charge on any atom is 0.241 e. The average Bonchev–Trinajstić information content (AvgIpc) is 3.04. The molecule has 0 saturated carbocycles. The van der Waals surface area contributed by atoms with Crippen LogP contribution in [0, 0.1) is 6.92 Å². The molecule has 154 valence electrons. The van der Waals surface area contributed by atoms with Gasteiger partial charge in [0.05, 0.1) is 17.7 Å². The fraction of sp³-hybridized carbons (Fsp3) is 0.333. The van der Waals surface area contributed by atoms with Gasteiger partial charge in [-0.25, -0.2) is 18.0 Å². The van der Waals surface area contributed by atoms with Crippen LogP contribution in [0.3, 0.4) is 0 Å². The van der Waals surface area contributed by atoms with E-state index in [2.05, 4.69) is 4.72 Å². The second-order valence-corrected chi connectivity index (χ2v) is 8.61. The van der Waals surface area contributed by atoms with Crippen molar-refractivity contribution in [1.29, 1.82) is 0 Å². The summed E-state index contributed by atoms with van der Waals surface area (Å²) in [5, 5.41) is 0. The molecule has 0 bridgehead atoms. The molecule has 3 rings (SSSR count). The van der Waals surface area contributed by atoms with E-state index in [0.717, 1.165) is 16.0 Å². The minimum atomic E-state index is -3.90. The minimum absolute atomic E-state index is 0.0344. The standard InChI is InChI=1S/C21H24N2O5S/c1-4-17(16-8-6-5-7-14(16)2)22-29(26,27)15-9-10-19(28-3)18(13-15)23-20(24)11-12-21(23)25/h5-10,13,17,22H,4,11-12H2,1-3H3. The molecule has 29 heavy (non-hydrogen) atoms. The van der Waals surface area contributed by atoms with Crippen LogP contribution in [0.15, 0.2) is 47.4 Å². The Hall–Kier alpha value is -2.71. The summed E-state index contributed by atoms with van der Waals surface area (Å²) in [5.74, 6) is -0.484. The maximum atomic E-state index is 13.1. The number of nitrogens with zero attached hydrogens (tertiary/aromatic N) is 1. The Morgan fingerprint density at radius 2 is 1.76 bits per heavy atom. The second kappa shape index (κ2) is 8.34. The summed E-state index contributed by atoms with van der Waals surface area (Å²) in [6.07, 6.45) is 0.765. The van der Waals surface area contributed by atoms with E-state index in [1.54, 1.807) is 0 Å². The third-order valence-corrected chi connectivity index (χ3v) is 6.49. The Balaban J connectivity index is 1.98. The van der Waals surface area contributed by atoms with Crippen molar-refractivity contribution in [1.82, 2.24) is 4.72 Å². The molecule has 2 aromatic carbocycles. The molecule has 1 aliphatic rings. The highest BCUT2D eigenvalue weighted by Crippen LogP contribution is 2.34. The Bertz CT molecular complexity index is 1030. The number of imide groups is 1. The highest BCUT2D eigenvalue weighted by Gasteiger charge is 2.33. The van der Waals surface area contributed by atoms with Gasteiger partial charge in [-0.15, -0.1) is 0 Å². The van der Waals surface area contributed by atoms with Crippen molar-refractivity contribution in [2.24, 2.45) is 0 Å². The molecule has 0 radical (unpaired) electrons. The number of aryl methyl sites for hydroxylation is 1. The molecule has 2 amide bonds. The van der Waals surface area contributed by atoms with E-state index in [0.29, 0.717) is 6.42 Å². The van der Waals surface area contributed by atoms with Crippen LogP contribution in [-0.2, 0) is 19.6 Å². The molecule has 0 aliphatic carbocycles. The van der Waals surface area contributed by atoms with Crippen LogP contribution in [0.5, 0.6) is 5.75 Å². The van der Waals surface area contributed by atoms with Crippen molar-refractivity contribution in [3.63, 3.8) is 0 Å². The molecule has 1 unspecified atom stereocenters. The lowest BCUT2D eigenvalue weighted by molar-refractivity contribution is -0.121. The van der Waals surface area contributed by atoms with Gasteiger partial charge in [0.1, 0.15) is 5.75 Å². The molecule has 0 spiro atoms. The molecule has 7 nitrogen and oxygen atoms in total. The maximum absolute atomic E-state index is 13.1. The van der Waals surface area contributed by atoms with E-state index in [1.807, 2.05) is 38.1 Å². The molecule has 8 heteroatoms. The number of rotatable bonds is 7. The highest BCUT2D eigenvalue weighted by atomic mass is 32.2. The van der Waals surface area contributed by atoms with Crippen LogP contribution in [0.4, 0.5) is 5.69 Å². The van der Waals surface area contributed by atoms with Gasteiger partial charge in [0.2, 0.25) is 21.8 Å². The zero-order valence-electron chi connectivity index (χ0n) is 16.6. The van der Waals surface area contributed by atoms with E-state index in [9.17, 15) is 18.0 Å². The van der Waals surface area contributed by atoms with Crippen molar-refractivity contribution in [2.45, 2.75) is 44.0 Å². The van der Waals surface area contributed by atoms with Gasteiger partial charge in [-0.1, -0.05) is 31.2 Å². The summed E-state index contributed by atoms with van der Waals surface area (Å²) < 4.78 is 34.1. The number of anilines is 1. The first-order chi connectivity index (χ1) is 13.8. The van der Waals surface area contributed by atoms with E-state index in [1.165, 1.54) is 25.3 Å². The zero-order valence-corrected chi connectivity index (χ0v) is 17.5. The number of methoxy groups -OCH3 is 1. The van der Waals surface area contributed by atoms with Crippen molar-refractivity contribution >= 4 is 27.5 Å². The average molecular weight is 416 g/mol. The largest absolute Gasteiger partial charge is 0.495 e. The molecule has 0 aromatic heterocycles. The van der Waals surface area contributed by atoms with Gasteiger partial charge in [0, 0.05) is 18.9 Å². The number of ether oxygens (including phenoxy) is 1. The number of sulfonamides is 1. The van der Waals surface area contributed by atoms with E-state index in [4.69, 9.17) is 4.74 Å². The molecule has 1 heterocycles. The first-order valence-electron chi connectivity index (χ1n) is 9.40. The molecule has 1 atom stereocenters. The van der Waals surface area contributed by atoms with Crippen LogP contribution >= 0.6 is 0 Å². The van der Waals surface area contributed by atoms with Crippen molar-refractivity contribution in [3.05, 3.63) is 53.6 Å². The summed E-state index contributed by atoms with van der Waals surface area (Å²) in [4.78, 5) is 25.3. The number of benzene rings is 2. The number of hydrogen-bond donors (Lipinski definition) is 1. The molecule has 2 aromatic rings. The van der Waals surface area contributed by atoms with Crippen molar-refractivity contribution in [3.8, 4) is 5.75 Å². The number of hydrogen-bond acceptors (Lipinski definition) is 5. The Morgan fingerprint density at radius 3 is 2.34 bits per heavy atom. The van der Waals surface area contributed by atoms with Crippen LogP contribution in [0.25, 0.3) is 0 Å². The van der Waals surface area contributed by atoms with E-state index in [-0.39, 0.29) is 41.0 Å². The number of carbonyl (C=O) groups is 2. The van der Waals surface area contributed by atoms with Gasteiger partial charge in [0.15, 0.2) is 0 Å². The van der Waals surface area contributed by atoms with Crippen LogP contribution in [0.1, 0.15) is 43.4 Å². The predicted octanol–water partition coefficient (Wildman–Crippen LogP) is 3.09. The Labute approximate surface area is 170 Å². The first kappa shape index (κ1) is 21.0. The lowest BCUT2D eigenvalue weighted by Gasteiger charge is -2.21. The highest BCUT2D eigenvalue weighted by molar-refractivity contribution is 7.89. The number of nitrogens with one attached hydrogen (secondary N) is 1. The first-order valence-corrected chi connectivity index (χ1v) is 10.9. The van der Waals surface area contributed by atoms with Gasteiger partial charge in [-0.3, -0.25) is 9.59 Å². The third-order valence-electron chi connectivity index (χ3n) is 5.02. The lowest BCUT2D eigenvalue weighted by atomic mass is 10.0. The Morgan fingerprint density at radius 1 is 1.10 bits per heavy atom. The van der Waals surface area contributed by atoms with Crippen molar-refractivity contribution in [2.75, 3.05) is 12.0 Å². The Kier molecular flexibility index (Phi) is 6.04. The smallest absolute Gasteiger partial charge is 0.241 e. The normalized spacial score (nSPS) is 15.6. The molecular weight excluding hydrogens is 392 g/mol. The fourth-order valence-corrected chi connectivity index (χ4v) is 4.78. The summed E-state index contributed by atoms with van der Waals surface area (Å²) in [6, 6.07) is 11.4. The summed E-state index contributed by atoms with van der Waals surface area (Å²) in [6.45, 7) is 3.84.